The Bertz CT molecular complexity index is 580. The fraction of sp³-hybridized carbons (Fsp3) is 0.357. The van der Waals surface area contributed by atoms with Crippen LogP contribution in [0.2, 0.25) is 0 Å². The van der Waals surface area contributed by atoms with Crippen LogP contribution in [0.4, 0.5) is 13.2 Å². The lowest BCUT2D eigenvalue weighted by molar-refractivity contribution is -0.137. The molecule has 2 nitrogen and oxygen atoms in total. The lowest BCUT2D eigenvalue weighted by atomic mass is 10.0. The van der Waals surface area contributed by atoms with E-state index in [1.54, 1.807) is 0 Å². The molecule has 2 rings (SSSR count). The lowest BCUT2D eigenvalue weighted by Crippen LogP contribution is -2.03. The normalized spacial score (nSPS) is 13.4. The van der Waals surface area contributed by atoms with Gasteiger partial charge < -0.3 is 5.11 Å². The van der Waals surface area contributed by atoms with E-state index in [2.05, 4.69) is 4.98 Å². The summed E-state index contributed by atoms with van der Waals surface area (Å²) in [6.07, 6.45) is -3.25. The number of aryl methyl sites for hydroxylation is 2. The standard InChI is InChI=1S/C14H14F3NOS/c1-9-4-2-3-5-10(9)6-7-11(19)12-8-18-13(20-12)14(15,16)17/h2-5,8,11,19H,6-7H2,1H3. The van der Waals surface area contributed by atoms with Crippen LogP contribution >= 0.6 is 11.3 Å². The van der Waals surface area contributed by atoms with E-state index in [4.69, 9.17) is 0 Å². The molecule has 0 aliphatic rings. The molecule has 0 bridgehead atoms. The molecule has 0 fully saturated rings. The van der Waals surface area contributed by atoms with Crippen molar-refractivity contribution in [3.63, 3.8) is 0 Å². The number of hydrogen-bond acceptors (Lipinski definition) is 3. The fourth-order valence-electron chi connectivity index (χ4n) is 1.90. The van der Waals surface area contributed by atoms with E-state index >= 15 is 0 Å². The van der Waals surface area contributed by atoms with Gasteiger partial charge in [-0.3, -0.25) is 0 Å². The molecule has 1 aromatic carbocycles. The van der Waals surface area contributed by atoms with Crippen LogP contribution in [-0.2, 0) is 12.6 Å². The molecule has 0 spiro atoms. The highest BCUT2D eigenvalue weighted by atomic mass is 32.1. The Hall–Kier alpha value is -1.40. The number of aliphatic hydroxyl groups is 1. The van der Waals surface area contributed by atoms with Gasteiger partial charge in [0.05, 0.1) is 11.0 Å². The van der Waals surface area contributed by atoms with Crippen LogP contribution in [0, 0.1) is 6.92 Å². The molecule has 6 heteroatoms. The second-order valence-corrected chi connectivity index (χ2v) is 5.61. The van der Waals surface area contributed by atoms with Gasteiger partial charge in [0.25, 0.3) is 0 Å². The Kier molecular flexibility index (Phi) is 4.45. The maximum atomic E-state index is 12.4. The van der Waals surface area contributed by atoms with Crippen LogP contribution in [0.25, 0.3) is 0 Å². The molecule has 20 heavy (non-hydrogen) atoms. The fourth-order valence-corrected chi connectivity index (χ4v) is 2.70. The van der Waals surface area contributed by atoms with E-state index in [9.17, 15) is 18.3 Å². The molecule has 0 saturated carbocycles. The van der Waals surface area contributed by atoms with Crippen LogP contribution in [0.15, 0.2) is 30.5 Å². The van der Waals surface area contributed by atoms with Gasteiger partial charge in [0, 0.05) is 6.20 Å². The van der Waals surface area contributed by atoms with E-state index in [1.807, 2.05) is 31.2 Å². The summed E-state index contributed by atoms with van der Waals surface area (Å²) in [5, 5.41) is 9.04. The molecule has 1 N–H and O–H groups in total. The molecule has 0 amide bonds. The van der Waals surface area contributed by atoms with E-state index in [-0.39, 0.29) is 4.88 Å². The van der Waals surface area contributed by atoms with Gasteiger partial charge in [0.2, 0.25) is 0 Å². The van der Waals surface area contributed by atoms with Crippen molar-refractivity contribution in [2.45, 2.75) is 32.0 Å². The third-order valence-electron chi connectivity index (χ3n) is 3.04. The Balaban J connectivity index is 2.00. The highest BCUT2D eigenvalue weighted by Crippen LogP contribution is 2.35. The minimum Gasteiger partial charge on any atom is -0.388 e. The van der Waals surface area contributed by atoms with E-state index in [0.29, 0.717) is 24.2 Å². The summed E-state index contributed by atoms with van der Waals surface area (Å²) in [5.74, 6) is 0. The van der Waals surface area contributed by atoms with E-state index in [1.165, 1.54) is 0 Å². The third-order valence-corrected chi connectivity index (χ3v) is 4.19. The highest BCUT2D eigenvalue weighted by molar-refractivity contribution is 7.11. The Morgan fingerprint density at radius 1 is 1.30 bits per heavy atom. The largest absolute Gasteiger partial charge is 0.443 e. The molecule has 1 heterocycles. The van der Waals surface area contributed by atoms with Gasteiger partial charge in [-0.15, -0.1) is 11.3 Å². The highest BCUT2D eigenvalue weighted by Gasteiger charge is 2.35. The van der Waals surface area contributed by atoms with Gasteiger partial charge in [-0.1, -0.05) is 24.3 Å². The monoisotopic (exact) mass is 301 g/mol. The predicted molar refractivity (Wildman–Crippen MR) is 71.6 cm³/mol. The number of alkyl halides is 3. The van der Waals surface area contributed by atoms with Crippen LogP contribution in [0.1, 0.15) is 33.5 Å². The number of halogens is 3. The van der Waals surface area contributed by atoms with Crippen molar-refractivity contribution in [1.29, 1.82) is 0 Å². The van der Waals surface area contributed by atoms with Gasteiger partial charge in [-0.25, -0.2) is 4.98 Å². The smallest absolute Gasteiger partial charge is 0.388 e. The summed E-state index contributed by atoms with van der Waals surface area (Å²) in [5.41, 5.74) is 2.20. The summed E-state index contributed by atoms with van der Waals surface area (Å²) in [7, 11) is 0. The number of aromatic nitrogens is 1. The average Bonchev–Trinajstić information content (AvgIpc) is 2.87. The Morgan fingerprint density at radius 3 is 2.60 bits per heavy atom. The lowest BCUT2D eigenvalue weighted by Gasteiger charge is -2.09. The second kappa shape index (κ2) is 5.93. The number of rotatable bonds is 4. The average molecular weight is 301 g/mol. The molecular weight excluding hydrogens is 287 g/mol. The molecular formula is C14H14F3NOS. The molecule has 0 radical (unpaired) electrons. The quantitative estimate of drug-likeness (QED) is 0.921. The Labute approximate surface area is 118 Å². The van der Waals surface area contributed by atoms with Gasteiger partial charge in [-0.2, -0.15) is 13.2 Å². The van der Waals surface area contributed by atoms with Crippen molar-refractivity contribution >= 4 is 11.3 Å². The molecule has 1 atom stereocenters. The van der Waals surface area contributed by atoms with Gasteiger partial charge >= 0.3 is 6.18 Å². The van der Waals surface area contributed by atoms with Gasteiger partial charge in [0.1, 0.15) is 0 Å². The topological polar surface area (TPSA) is 33.1 Å². The van der Waals surface area contributed by atoms with Gasteiger partial charge in [0.15, 0.2) is 5.01 Å². The summed E-state index contributed by atoms with van der Waals surface area (Å²) in [6, 6.07) is 7.75. The zero-order chi connectivity index (χ0) is 14.8. The summed E-state index contributed by atoms with van der Waals surface area (Å²) in [4.78, 5) is 3.57. The van der Waals surface area contributed by atoms with Crippen molar-refractivity contribution in [1.82, 2.24) is 4.98 Å². The van der Waals surface area contributed by atoms with Crippen molar-refractivity contribution in [3.8, 4) is 0 Å². The van der Waals surface area contributed by atoms with Crippen LogP contribution < -0.4 is 0 Å². The number of hydrogen-bond donors (Lipinski definition) is 1. The zero-order valence-corrected chi connectivity index (χ0v) is 11.6. The van der Waals surface area contributed by atoms with E-state index in [0.717, 1.165) is 17.3 Å². The molecule has 0 aliphatic heterocycles. The number of thiazole rings is 1. The zero-order valence-electron chi connectivity index (χ0n) is 10.8. The molecule has 1 unspecified atom stereocenters. The molecule has 108 valence electrons. The van der Waals surface area contributed by atoms with E-state index < -0.39 is 17.3 Å². The van der Waals surface area contributed by atoms with Gasteiger partial charge in [-0.05, 0) is 30.9 Å². The van der Waals surface area contributed by atoms with Crippen LogP contribution in [0.5, 0.6) is 0 Å². The number of aliphatic hydroxyl groups excluding tert-OH is 1. The Morgan fingerprint density at radius 2 is 2.00 bits per heavy atom. The summed E-state index contributed by atoms with van der Waals surface area (Å²) < 4.78 is 37.3. The maximum absolute atomic E-state index is 12.4. The molecule has 0 aliphatic carbocycles. The first-order chi connectivity index (χ1) is 9.38. The molecule has 0 saturated heterocycles. The SMILES string of the molecule is Cc1ccccc1CCC(O)c1cnc(C(F)(F)F)s1. The first-order valence-corrected chi connectivity index (χ1v) is 6.95. The first kappa shape index (κ1) is 15.0. The number of nitrogens with zero attached hydrogens (tertiary/aromatic N) is 1. The summed E-state index contributed by atoms with van der Waals surface area (Å²) in [6.45, 7) is 1.97. The summed E-state index contributed by atoms with van der Waals surface area (Å²) >= 11 is 0.501. The number of benzene rings is 1. The minimum absolute atomic E-state index is 0.255. The second-order valence-electron chi connectivity index (χ2n) is 4.55. The molecule has 1 aromatic heterocycles. The molecule has 2 aromatic rings. The van der Waals surface area contributed by atoms with Crippen molar-refractivity contribution in [3.05, 3.63) is 51.5 Å². The van der Waals surface area contributed by atoms with Crippen molar-refractivity contribution < 1.29 is 18.3 Å². The predicted octanol–water partition coefficient (Wildman–Crippen LogP) is 4.14. The third kappa shape index (κ3) is 3.58. The van der Waals surface area contributed by atoms with Crippen LogP contribution in [-0.4, -0.2) is 10.1 Å². The van der Waals surface area contributed by atoms with Crippen LogP contribution in [0.3, 0.4) is 0 Å². The maximum Gasteiger partial charge on any atom is 0.443 e. The minimum atomic E-state index is -4.45. The van der Waals surface area contributed by atoms with Crippen molar-refractivity contribution in [2.75, 3.05) is 0 Å². The first-order valence-electron chi connectivity index (χ1n) is 6.13. The van der Waals surface area contributed by atoms with Crippen molar-refractivity contribution in [2.24, 2.45) is 0 Å².